The van der Waals surface area contributed by atoms with Gasteiger partial charge in [-0.1, -0.05) is 19.3 Å². The van der Waals surface area contributed by atoms with Crippen LogP contribution >= 0.6 is 0 Å². The summed E-state index contributed by atoms with van der Waals surface area (Å²) in [5.74, 6) is -0.222. The summed E-state index contributed by atoms with van der Waals surface area (Å²) in [5, 5.41) is 3.68. The summed E-state index contributed by atoms with van der Waals surface area (Å²) < 4.78 is 38.2. The Balaban J connectivity index is 1.56. The number of likely N-dealkylation sites (tertiary alicyclic amines) is 1. The van der Waals surface area contributed by atoms with E-state index in [0.717, 1.165) is 6.54 Å². The summed E-state index contributed by atoms with van der Waals surface area (Å²) in [5.41, 5.74) is 0. The van der Waals surface area contributed by atoms with Crippen molar-refractivity contribution in [3.63, 3.8) is 0 Å². The molecule has 3 rings (SSSR count). The summed E-state index contributed by atoms with van der Waals surface area (Å²) in [6.07, 6.45) is 4.65. The average molecular weight is 304 g/mol. The van der Waals surface area contributed by atoms with E-state index in [-0.39, 0.29) is 12.0 Å². The average Bonchev–Trinajstić information content (AvgIpc) is 3.21. The fraction of sp³-hybridized carbons (Fsp3) is 1.00. The highest BCUT2D eigenvalue weighted by molar-refractivity contribution is 4.94. The lowest BCUT2D eigenvalue weighted by Crippen LogP contribution is -2.53. The van der Waals surface area contributed by atoms with Crippen LogP contribution in [0.4, 0.5) is 13.2 Å². The molecule has 1 aliphatic heterocycles. The molecule has 2 unspecified atom stereocenters. The van der Waals surface area contributed by atoms with Crippen LogP contribution in [0.25, 0.3) is 0 Å². The van der Waals surface area contributed by atoms with Gasteiger partial charge < -0.3 is 5.32 Å². The van der Waals surface area contributed by atoms with Crippen LogP contribution in [0.5, 0.6) is 0 Å². The van der Waals surface area contributed by atoms with Crippen LogP contribution in [0.1, 0.15) is 57.8 Å². The molecule has 2 nitrogen and oxygen atoms in total. The van der Waals surface area contributed by atoms with Crippen LogP contribution in [0.2, 0.25) is 0 Å². The Morgan fingerprint density at radius 2 is 1.62 bits per heavy atom. The quantitative estimate of drug-likeness (QED) is 0.851. The Bertz CT molecular complexity index is 335. The zero-order valence-electron chi connectivity index (χ0n) is 12.7. The predicted molar refractivity (Wildman–Crippen MR) is 77.2 cm³/mol. The zero-order valence-corrected chi connectivity index (χ0v) is 12.7. The molecule has 2 aliphatic carbocycles. The molecule has 3 fully saturated rings. The molecular formula is C16H27F3N2. The molecule has 5 heteroatoms. The zero-order chi connectivity index (χ0) is 14.9. The van der Waals surface area contributed by atoms with Gasteiger partial charge in [-0.2, -0.15) is 13.2 Å². The summed E-state index contributed by atoms with van der Waals surface area (Å²) in [4.78, 5) is 2.32. The third-order valence-electron chi connectivity index (χ3n) is 5.23. The van der Waals surface area contributed by atoms with Gasteiger partial charge in [0.15, 0.2) is 0 Å². The van der Waals surface area contributed by atoms with Crippen LogP contribution in [-0.4, -0.2) is 42.3 Å². The van der Waals surface area contributed by atoms with E-state index in [9.17, 15) is 13.2 Å². The van der Waals surface area contributed by atoms with Crippen molar-refractivity contribution in [2.75, 3.05) is 13.1 Å². The highest BCUT2D eigenvalue weighted by Crippen LogP contribution is 2.35. The first kappa shape index (κ1) is 15.6. The fourth-order valence-corrected chi connectivity index (χ4v) is 4.18. The summed E-state index contributed by atoms with van der Waals surface area (Å²) in [7, 11) is 0. The van der Waals surface area contributed by atoms with Gasteiger partial charge in [-0.25, -0.2) is 0 Å². The van der Waals surface area contributed by atoms with Gasteiger partial charge in [0, 0.05) is 37.6 Å². The second kappa shape index (κ2) is 6.45. The van der Waals surface area contributed by atoms with E-state index in [2.05, 4.69) is 10.2 Å². The molecule has 0 aromatic heterocycles. The Hall–Kier alpha value is -0.290. The monoisotopic (exact) mass is 304 g/mol. The van der Waals surface area contributed by atoms with E-state index in [0.29, 0.717) is 25.0 Å². The Morgan fingerprint density at radius 3 is 2.24 bits per heavy atom. The highest BCUT2D eigenvalue weighted by Gasteiger charge is 2.40. The lowest BCUT2D eigenvalue weighted by molar-refractivity contribution is -0.149. The second-order valence-electron chi connectivity index (χ2n) is 7.30. The molecule has 2 saturated carbocycles. The minimum Gasteiger partial charge on any atom is -0.310 e. The van der Waals surface area contributed by atoms with Crippen molar-refractivity contribution in [2.24, 2.45) is 5.92 Å². The summed E-state index contributed by atoms with van der Waals surface area (Å²) in [6, 6.07) is 1.36. The molecule has 1 saturated heterocycles. The number of hydrogen-bond donors (Lipinski definition) is 1. The van der Waals surface area contributed by atoms with Crippen LogP contribution < -0.4 is 5.32 Å². The van der Waals surface area contributed by atoms with Crippen molar-refractivity contribution in [1.29, 1.82) is 0 Å². The van der Waals surface area contributed by atoms with Gasteiger partial charge in [-0.15, -0.1) is 0 Å². The number of nitrogens with one attached hydrogen (secondary N) is 1. The topological polar surface area (TPSA) is 15.3 Å². The minimum absolute atomic E-state index is 0.222. The molecule has 0 bridgehead atoms. The summed E-state index contributed by atoms with van der Waals surface area (Å²) in [6.45, 7) is 1.60. The van der Waals surface area contributed by atoms with E-state index in [1.54, 1.807) is 0 Å². The molecule has 0 aromatic rings. The van der Waals surface area contributed by atoms with E-state index < -0.39 is 12.6 Å². The maximum atomic E-state index is 12.7. The molecule has 21 heavy (non-hydrogen) atoms. The van der Waals surface area contributed by atoms with Crippen molar-refractivity contribution < 1.29 is 13.2 Å². The predicted octanol–water partition coefficient (Wildman–Crippen LogP) is 3.71. The number of alkyl halides is 3. The largest absolute Gasteiger partial charge is 0.389 e. The SMILES string of the molecule is FC(F)(F)CC1CC(NC2CCCCC2)CN(C2CC2)C1. The molecule has 2 atom stereocenters. The molecular weight excluding hydrogens is 277 g/mol. The van der Waals surface area contributed by atoms with E-state index >= 15 is 0 Å². The maximum Gasteiger partial charge on any atom is 0.389 e. The Kier molecular flexibility index (Phi) is 4.79. The molecule has 0 amide bonds. The first-order chi connectivity index (χ1) is 9.99. The second-order valence-corrected chi connectivity index (χ2v) is 7.30. The number of hydrogen-bond acceptors (Lipinski definition) is 2. The Labute approximate surface area is 125 Å². The van der Waals surface area contributed by atoms with E-state index in [1.807, 2.05) is 0 Å². The molecule has 1 heterocycles. The molecule has 122 valence electrons. The van der Waals surface area contributed by atoms with Crippen molar-refractivity contribution in [2.45, 2.75) is 82.1 Å². The lowest BCUT2D eigenvalue weighted by atomic mass is 9.89. The number of halogens is 3. The standard InChI is InChI=1S/C16H27F3N2/c17-16(18,19)9-12-8-14(11-21(10-12)15-6-7-15)20-13-4-2-1-3-5-13/h12-15,20H,1-11H2. The van der Waals surface area contributed by atoms with Gasteiger partial charge in [-0.05, 0) is 38.0 Å². The summed E-state index contributed by atoms with van der Waals surface area (Å²) >= 11 is 0. The first-order valence-corrected chi connectivity index (χ1v) is 8.56. The first-order valence-electron chi connectivity index (χ1n) is 8.56. The van der Waals surface area contributed by atoms with Crippen LogP contribution in [0.15, 0.2) is 0 Å². The molecule has 1 N–H and O–H groups in total. The van der Waals surface area contributed by atoms with Crippen LogP contribution in [0.3, 0.4) is 0 Å². The number of rotatable bonds is 4. The third kappa shape index (κ3) is 4.85. The van der Waals surface area contributed by atoms with Gasteiger partial charge >= 0.3 is 6.18 Å². The van der Waals surface area contributed by atoms with E-state index in [4.69, 9.17) is 0 Å². The van der Waals surface area contributed by atoms with Crippen LogP contribution in [-0.2, 0) is 0 Å². The molecule has 0 radical (unpaired) electrons. The highest BCUT2D eigenvalue weighted by atomic mass is 19.4. The van der Waals surface area contributed by atoms with Crippen molar-refractivity contribution >= 4 is 0 Å². The minimum atomic E-state index is -4.02. The third-order valence-corrected chi connectivity index (χ3v) is 5.23. The van der Waals surface area contributed by atoms with Gasteiger partial charge in [0.2, 0.25) is 0 Å². The number of piperidine rings is 1. The van der Waals surface area contributed by atoms with Crippen molar-refractivity contribution in [1.82, 2.24) is 10.2 Å². The normalized spacial score (nSPS) is 33.3. The smallest absolute Gasteiger partial charge is 0.310 e. The van der Waals surface area contributed by atoms with Crippen molar-refractivity contribution in [3.05, 3.63) is 0 Å². The lowest BCUT2D eigenvalue weighted by Gasteiger charge is -2.40. The van der Waals surface area contributed by atoms with Gasteiger partial charge in [0.1, 0.15) is 0 Å². The molecule has 0 aromatic carbocycles. The fourth-order valence-electron chi connectivity index (χ4n) is 4.18. The maximum absolute atomic E-state index is 12.7. The van der Waals surface area contributed by atoms with Gasteiger partial charge in [0.05, 0.1) is 0 Å². The molecule has 0 spiro atoms. The molecule has 3 aliphatic rings. The van der Waals surface area contributed by atoms with Crippen LogP contribution in [0, 0.1) is 5.92 Å². The van der Waals surface area contributed by atoms with Gasteiger partial charge in [0.25, 0.3) is 0 Å². The Morgan fingerprint density at radius 1 is 0.905 bits per heavy atom. The van der Waals surface area contributed by atoms with Gasteiger partial charge in [-0.3, -0.25) is 4.90 Å². The van der Waals surface area contributed by atoms with E-state index in [1.165, 1.54) is 44.9 Å². The van der Waals surface area contributed by atoms with Crippen molar-refractivity contribution in [3.8, 4) is 0 Å². The number of nitrogens with zero attached hydrogens (tertiary/aromatic N) is 1.